The van der Waals surface area contributed by atoms with Crippen LogP contribution in [0.3, 0.4) is 0 Å². The summed E-state index contributed by atoms with van der Waals surface area (Å²) in [4.78, 5) is 11.3. The minimum atomic E-state index is -1.69. The van der Waals surface area contributed by atoms with Gasteiger partial charge < -0.3 is 4.74 Å². The molecular formula is C13H24O2Si. The standard InChI is InChI=1S/C13H24O2Si/c1-11(2)10-15-12(14)8-9-16(6,7)13(3,4)5/h11H,10H2,1-7H3. The Labute approximate surface area is 101 Å². The van der Waals surface area contributed by atoms with E-state index in [0.717, 1.165) is 0 Å². The number of carbonyl (C=O) groups excluding carboxylic acids is 1. The maximum Gasteiger partial charge on any atom is 0.383 e. The third-order valence-electron chi connectivity index (χ3n) is 2.90. The summed E-state index contributed by atoms with van der Waals surface area (Å²) >= 11 is 0. The Bertz CT molecular complexity index is 300. The molecule has 0 aromatic carbocycles. The molecule has 0 radical (unpaired) electrons. The van der Waals surface area contributed by atoms with Crippen molar-refractivity contribution < 1.29 is 9.53 Å². The second kappa shape index (κ2) is 5.54. The van der Waals surface area contributed by atoms with Crippen molar-refractivity contribution in [2.24, 2.45) is 5.92 Å². The Balaban J connectivity index is 4.45. The van der Waals surface area contributed by atoms with Crippen LogP contribution in [0.25, 0.3) is 0 Å². The van der Waals surface area contributed by atoms with Crippen molar-refractivity contribution in [2.75, 3.05) is 6.61 Å². The monoisotopic (exact) mass is 240 g/mol. The highest BCUT2D eigenvalue weighted by Gasteiger charge is 2.33. The van der Waals surface area contributed by atoms with Crippen LogP contribution in [-0.2, 0) is 9.53 Å². The van der Waals surface area contributed by atoms with Crippen LogP contribution >= 0.6 is 0 Å². The molecule has 2 nitrogen and oxygen atoms in total. The van der Waals surface area contributed by atoms with Crippen LogP contribution in [0, 0.1) is 17.4 Å². The summed E-state index contributed by atoms with van der Waals surface area (Å²) in [6, 6.07) is 0. The molecule has 0 saturated heterocycles. The largest absolute Gasteiger partial charge is 0.456 e. The quantitative estimate of drug-likeness (QED) is 0.421. The van der Waals surface area contributed by atoms with Gasteiger partial charge in [-0.15, -0.1) is 5.54 Å². The van der Waals surface area contributed by atoms with E-state index in [2.05, 4.69) is 45.3 Å². The fourth-order valence-electron chi connectivity index (χ4n) is 0.673. The van der Waals surface area contributed by atoms with Crippen molar-refractivity contribution in [3.8, 4) is 11.5 Å². The van der Waals surface area contributed by atoms with Gasteiger partial charge in [-0.2, -0.15) is 0 Å². The van der Waals surface area contributed by atoms with Crippen molar-refractivity contribution >= 4 is 14.0 Å². The molecule has 0 aliphatic carbocycles. The number of hydrogen-bond acceptors (Lipinski definition) is 2. The maximum absolute atomic E-state index is 11.3. The summed E-state index contributed by atoms with van der Waals surface area (Å²) in [5, 5.41) is 0.179. The lowest BCUT2D eigenvalue weighted by Crippen LogP contribution is -2.35. The van der Waals surface area contributed by atoms with Crippen molar-refractivity contribution in [1.29, 1.82) is 0 Å². The van der Waals surface area contributed by atoms with E-state index < -0.39 is 14.0 Å². The smallest absolute Gasteiger partial charge is 0.383 e. The van der Waals surface area contributed by atoms with Gasteiger partial charge in [0.1, 0.15) is 8.07 Å². The Morgan fingerprint density at radius 1 is 1.31 bits per heavy atom. The first-order valence-corrected chi connectivity index (χ1v) is 8.76. The highest BCUT2D eigenvalue weighted by molar-refractivity contribution is 6.87. The van der Waals surface area contributed by atoms with Crippen LogP contribution < -0.4 is 0 Å². The molecule has 0 amide bonds. The molecule has 3 heteroatoms. The van der Waals surface area contributed by atoms with Crippen molar-refractivity contribution in [3.05, 3.63) is 0 Å². The van der Waals surface area contributed by atoms with Crippen LogP contribution in [0.15, 0.2) is 0 Å². The van der Waals surface area contributed by atoms with Crippen LogP contribution in [0.5, 0.6) is 0 Å². The van der Waals surface area contributed by atoms with Gasteiger partial charge in [-0.3, -0.25) is 0 Å². The molecule has 0 aromatic heterocycles. The van der Waals surface area contributed by atoms with E-state index in [1.165, 1.54) is 0 Å². The van der Waals surface area contributed by atoms with E-state index in [-0.39, 0.29) is 5.04 Å². The Kier molecular flexibility index (Phi) is 5.28. The van der Waals surface area contributed by atoms with Crippen LogP contribution in [0.2, 0.25) is 18.1 Å². The SMILES string of the molecule is CC(C)COC(=O)C#C[Si](C)(C)C(C)(C)C. The third-order valence-corrected chi connectivity index (χ3v) is 7.40. The second-order valence-corrected chi connectivity index (χ2v) is 11.1. The summed E-state index contributed by atoms with van der Waals surface area (Å²) in [5.74, 6) is 2.60. The molecule has 16 heavy (non-hydrogen) atoms. The lowest BCUT2D eigenvalue weighted by atomic mass is 10.2. The van der Waals surface area contributed by atoms with Gasteiger partial charge in [0.2, 0.25) is 0 Å². The predicted octanol–water partition coefficient (Wildman–Crippen LogP) is 3.24. The molecule has 0 spiro atoms. The van der Waals surface area contributed by atoms with Crippen LogP contribution in [-0.4, -0.2) is 20.7 Å². The summed E-state index contributed by atoms with van der Waals surface area (Å²) in [5.41, 5.74) is 3.14. The summed E-state index contributed by atoms with van der Waals surface area (Å²) in [6.45, 7) is 15.3. The van der Waals surface area contributed by atoms with Crippen molar-refractivity contribution in [1.82, 2.24) is 0 Å². The van der Waals surface area contributed by atoms with Crippen molar-refractivity contribution in [2.45, 2.75) is 52.8 Å². The molecule has 0 aliphatic rings. The van der Waals surface area contributed by atoms with Gasteiger partial charge in [0.15, 0.2) is 0 Å². The van der Waals surface area contributed by atoms with Crippen LogP contribution in [0.4, 0.5) is 0 Å². The van der Waals surface area contributed by atoms with Gasteiger partial charge in [-0.1, -0.05) is 47.7 Å². The van der Waals surface area contributed by atoms with Gasteiger partial charge in [-0.25, -0.2) is 4.79 Å². The zero-order valence-electron chi connectivity index (χ0n) is 11.6. The van der Waals surface area contributed by atoms with Gasteiger partial charge in [0.05, 0.1) is 6.61 Å². The highest BCUT2D eigenvalue weighted by Crippen LogP contribution is 2.34. The van der Waals surface area contributed by atoms with Crippen molar-refractivity contribution in [3.63, 3.8) is 0 Å². The molecule has 0 rings (SSSR count). The first-order valence-electron chi connectivity index (χ1n) is 5.76. The normalized spacial score (nSPS) is 12.0. The molecular weight excluding hydrogens is 216 g/mol. The predicted molar refractivity (Wildman–Crippen MR) is 70.8 cm³/mol. The molecule has 0 N–H and O–H groups in total. The maximum atomic E-state index is 11.3. The van der Waals surface area contributed by atoms with Gasteiger partial charge in [-0.05, 0) is 11.0 Å². The average molecular weight is 240 g/mol. The van der Waals surface area contributed by atoms with E-state index in [0.29, 0.717) is 12.5 Å². The molecule has 0 unspecified atom stereocenters. The minimum absolute atomic E-state index is 0.179. The van der Waals surface area contributed by atoms with Gasteiger partial charge >= 0.3 is 5.97 Å². The number of carbonyl (C=O) groups is 1. The fraction of sp³-hybridized carbons (Fsp3) is 0.769. The summed E-state index contributed by atoms with van der Waals surface area (Å²) < 4.78 is 5.02. The van der Waals surface area contributed by atoms with E-state index in [1.807, 2.05) is 13.8 Å². The number of rotatable bonds is 2. The lowest BCUT2D eigenvalue weighted by molar-refractivity contribution is -0.137. The Morgan fingerprint density at radius 3 is 2.19 bits per heavy atom. The topological polar surface area (TPSA) is 26.3 Å². The molecule has 0 saturated carbocycles. The van der Waals surface area contributed by atoms with Crippen LogP contribution in [0.1, 0.15) is 34.6 Å². The molecule has 0 heterocycles. The Hall–Kier alpha value is -0.753. The lowest BCUT2D eigenvalue weighted by Gasteiger charge is -2.31. The number of esters is 1. The fourth-order valence-corrected chi connectivity index (χ4v) is 1.46. The zero-order chi connectivity index (χ0) is 13.0. The highest BCUT2D eigenvalue weighted by atomic mass is 28.3. The first kappa shape index (κ1) is 15.2. The zero-order valence-corrected chi connectivity index (χ0v) is 12.6. The average Bonchev–Trinajstić information content (AvgIpc) is 2.09. The first-order chi connectivity index (χ1) is 7.06. The molecule has 0 aliphatic heterocycles. The molecule has 0 aromatic rings. The van der Waals surface area contributed by atoms with E-state index in [4.69, 9.17) is 4.74 Å². The second-order valence-electron chi connectivity index (χ2n) is 6.12. The number of hydrogen-bond donors (Lipinski definition) is 0. The molecule has 92 valence electrons. The molecule has 0 bridgehead atoms. The number of ether oxygens (including phenoxy) is 1. The third kappa shape index (κ3) is 5.36. The van der Waals surface area contributed by atoms with E-state index in [1.54, 1.807) is 0 Å². The summed E-state index contributed by atoms with van der Waals surface area (Å²) in [7, 11) is -1.69. The van der Waals surface area contributed by atoms with E-state index >= 15 is 0 Å². The summed E-state index contributed by atoms with van der Waals surface area (Å²) in [6.07, 6.45) is 0. The van der Waals surface area contributed by atoms with Gasteiger partial charge in [0, 0.05) is 5.92 Å². The van der Waals surface area contributed by atoms with Gasteiger partial charge in [0.25, 0.3) is 0 Å². The molecule has 0 atom stereocenters. The Morgan fingerprint density at radius 2 is 1.81 bits per heavy atom. The van der Waals surface area contributed by atoms with E-state index in [9.17, 15) is 4.79 Å². The molecule has 0 fully saturated rings. The minimum Gasteiger partial charge on any atom is -0.456 e.